The summed E-state index contributed by atoms with van der Waals surface area (Å²) in [6, 6.07) is 10.5. The van der Waals surface area contributed by atoms with Crippen molar-refractivity contribution in [1.29, 1.82) is 0 Å². The van der Waals surface area contributed by atoms with Crippen LogP contribution in [0.1, 0.15) is 21.0 Å². The lowest BCUT2D eigenvalue weighted by Crippen LogP contribution is -2.37. The first-order valence-corrected chi connectivity index (χ1v) is 8.57. The molecule has 2 amide bonds. The fourth-order valence-corrected chi connectivity index (χ4v) is 2.13. The summed E-state index contributed by atoms with van der Waals surface area (Å²) in [7, 11) is 0. The summed E-state index contributed by atoms with van der Waals surface area (Å²) in [4.78, 5) is 31.5. The molecule has 0 fully saturated rings. The van der Waals surface area contributed by atoms with Crippen LogP contribution in [0, 0.1) is 0 Å². The highest BCUT2D eigenvalue weighted by atomic mass is 16.2. The Kier molecular flexibility index (Phi) is 8.74. The normalized spacial score (nSPS) is 10.3. The van der Waals surface area contributed by atoms with E-state index in [0.29, 0.717) is 37.6 Å². The largest absolute Gasteiger partial charge is 0.349 e. The van der Waals surface area contributed by atoms with Crippen LogP contribution in [0.15, 0.2) is 48.8 Å². The number of hydrogen-bond donors (Lipinski definition) is 4. The molecule has 2 rings (SSSR count). The van der Waals surface area contributed by atoms with Gasteiger partial charge in [0.2, 0.25) is 0 Å². The van der Waals surface area contributed by atoms with Gasteiger partial charge in [0.25, 0.3) is 11.8 Å². The van der Waals surface area contributed by atoms with Gasteiger partial charge in [0.15, 0.2) is 0 Å². The Bertz CT molecular complexity index is 606. The van der Waals surface area contributed by atoms with Gasteiger partial charge in [-0.2, -0.15) is 0 Å². The summed E-state index contributed by atoms with van der Waals surface area (Å²) in [6.07, 6.45) is 3.19. The fourth-order valence-electron chi connectivity index (χ4n) is 2.13. The van der Waals surface area contributed by atoms with Crippen LogP contribution in [0.4, 0.5) is 0 Å². The van der Waals surface area contributed by atoms with E-state index in [0.717, 1.165) is 13.1 Å². The van der Waals surface area contributed by atoms with Gasteiger partial charge in [0.05, 0.1) is 0 Å². The molecule has 0 spiro atoms. The lowest BCUT2D eigenvalue weighted by atomic mass is 10.3. The number of hydrogen-bond acceptors (Lipinski definition) is 6. The molecule has 2 aromatic rings. The second kappa shape index (κ2) is 11.7. The van der Waals surface area contributed by atoms with Crippen molar-refractivity contribution < 1.29 is 9.59 Å². The zero-order valence-corrected chi connectivity index (χ0v) is 14.6. The highest BCUT2D eigenvalue weighted by Crippen LogP contribution is 1.92. The van der Waals surface area contributed by atoms with Crippen molar-refractivity contribution in [3.63, 3.8) is 0 Å². The Labute approximate surface area is 152 Å². The van der Waals surface area contributed by atoms with Crippen LogP contribution < -0.4 is 21.3 Å². The monoisotopic (exact) mass is 356 g/mol. The van der Waals surface area contributed by atoms with Crippen LogP contribution in [0.25, 0.3) is 0 Å². The molecular formula is C18H24N6O2. The average Bonchev–Trinajstić information content (AvgIpc) is 2.70. The first kappa shape index (κ1) is 19.5. The van der Waals surface area contributed by atoms with E-state index in [1.165, 1.54) is 0 Å². The molecule has 8 heteroatoms. The topological polar surface area (TPSA) is 108 Å². The van der Waals surface area contributed by atoms with Crippen molar-refractivity contribution in [3.05, 3.63) is 60.2 Å². The molecule has 0 atom stereocenters. The Morgan fingerprint density at radius 2 is 1.08 bits per heavy atom. The third-order valence-electron chi connectivity index (χ3n) is 3.45. The lowest BCUT2D eigenvalue weighted by molar-refractivity contribution is 0.0940. The molecule has 8 nitrogen and oxygen atoms in total. The van der Waals surface area contributed by atoms with Crippen molar-refractivity contribution in [1.82, 2.24) is 31.2 Å². The molecular weight excluding hydrogens is 332 g/mol. The summed E-state index contributed by atoms with van der Waals surface area (Å²) in [5, 5.41) is 12.0. The summed E-state index contributed by atoms with van der Waals surface area (Å²) >= 11 is 0. The number of aromatic nitrogens is 2. The van der Waals surface area contributed by atoms with Crippen LogP contribution in [0.2, 0.25) is 0 Å². The Hall–Kier alpha value is -2.84. The maximum Gasteiger partial charge on any atom is 0.269 e. The second-order valence-electron chi connectivity index (χ2n) is 5.44. The van der Waals surface area contributed by atoms with Crippen LogP contribution >= 0.6 is 0 Å². The van der Waals surface area contributed by atoms with Gasteiger partial charge >= 0.3 is 0 Å². The number of amides is 2. The van der Waals surface area contributed by atoms with Crippen LogP contribution in [0.3, 0.4) is 0 Å². The van der Waals surface area contributed by atoms with E-state index in [1.807, 2.05) is 0 Å². The van der Waals surface area contributed by atoms with Gasteiger partial charge in [-0.1, -0.05) is 12.1 Å². The first-order chi connectivity index (χ1) is 12.8. The van der Waals surface area contributed by atoms with Crippen LogP contribution in [-0.2, 0) is 0 Å². The molecule has 138 valence electrons. The van der Waals surface area contributed by atoms with E-state index < -0.39 is 0 Å². The summed E-state index contributed by atoms with van der Waals surface area (Å²) in [5.41, 5.74) is 0.837. The van der Waals surface area contributed by atoms with Gasteiger partial charge in [-0.15, -0.1) is 0 Å². The molecule has 26 heavy (non-hydrogen) atoms. The summed E-state index contributed by atoms with van der Waals surface area (Å²) in [5.74, 6) is -0.344. The van der Waals surface area contributed by atoms with Gasteiger partial charge in [-0.3, -0.25) is 19.6 Å². The number of pyridine rings is 2. The predicted molar refractivity (Wildman–Crippen MR) is 98.9 cm³/mol. The minimum atomic E-state index is -0.172. The van der Waals surface area contributed by atoms with Gasteiger partial charge < -0.3 is 21.3 Å². The third kappa shape index (κ3) is 7.37. The van der Waals surface area contributed by atoms with E-state index in [2.05, 4.69) is 31.2 Å². The average molecular weight is 356 g/mol. The van der Waals surface area contributed by atoms with Crippen LogP contribution in [0.5, 0.6) is 0 Å². The minimum absolute atomic E-state index is 0.172. The zero-order valence-electron chi connectivity index (χ0n) is 14.6. The fraction of sp³-hybridized carbons (Fsp3) is 0.333. The first-order valence-electron chi connectivity index (χ1n) is 8.57. The summed E-state index contributed by atoms with van der Waals surface area (Å²) in [6.45, 7) is 3.97. The van der Waals surface area contributed by atoms with Gasteiger partial charge in [-0.25, -0.2) is 0 Å². The van der Waals surface area contributed by atoms with E-state index >= 15 is 0 Å². The molecule has 2 aromatic heterocycles. The number of nitrogens with one attached hydrogen (secondary N) is 4. The van der Waals surface area contributed by atoms with Crippen molar-refractivity contribution in [2.75, 3.05) is 39.3 Å². The van der Waals surface area contributed by atoms with Crippen molar-refractivity contribution in [3.8, 4) is 0 Å². The Morgan fingerprint density at radius 3 is 1.46 bits per heavy atom. The highest BCUT2D eigenvalue weighted by Gasteiger charge is 2.05. The second-order valence-corrected chi connectivity index (χ2v) is 5.44. The molecule has 0 aliphatic rings. The molecule has 0 saturated heterocycles. The minimum Gasteiger partial charge on any atom is -0.349 e. The van der Waals surface area contributed by atoms with E-state index in [9.17, 15) is 9.59 Å². The Balaban J connectivity index is 1.41. The lowest BCUT2D eigenvalue weighted by Gasteiger charge is -2.08. The van der Waals surface area contributed by atoms with Crippen molar-refractivity contribution in [2.45, 2.75) is 0 Å². The van der Waals surface area contributed by atoms with Gasteiger partial charge in [0, 0.05) is 51.7 Å². The maximum absolute atomic E-state index is 11.8. The van der Waals surface area contributed by atoms with E-state index in [-0.39, 0.29) is 11.8 Å². The van der Waals surface area contributed by atoms with Crippen LogP contribution in [-0.4, -0.2) is 61.1 Å². The number of rotatable bonds is 11. The molecule has 0 bridgehead atoms. The smallest absolute Gasteiger partial charge is 0.269 e. The molecule has 4 N–H and O–H groups in total. The molecule has 0 unspecified atom stereocenters. The third-order valence-corrected chi connectivity index (χ3v) is 3.45. The number of carbonyl (C=O) groups is 2. The standard InChI is InChI=1S/C18H24N6O2/c25-17(15-5-1-3-7-21-15)23-13-11-19-9-10-20-12-14-24-18(26)16-6-2-4-8-22-16/h1-8,19-20H,9-14H2,(H,23,25)(H,24,26). The maximum atomic E-state index is 11.8. The Morgan fingerprint density at radius 1 is 0.654 bits per heavy atom. The SMILES string of the molecule is O=C(NCCNCCNCCNC(=O)c1ccccn1)c1ccccn1. The number of carbonyl (C=O) groups excluding carboxylic acids is 2. The highest BCUT2D eigenvalue weighted by molar-refractivity contribution is 5.92. The van der Waals surface area contributed by atoms with Gasteiger partial charge in [-0.05, 0) is 24.3 Å². The van der Waals surface area contributed by atoms with Gasteiger partial charge in [0.1, 0.15) is 11.4 Å². The van der Waals surface area contributed by atoms with E-state index in [4.69, 9.17) is 0 Å². The number of nitrogens with zero attached hydrogens (tertiary/aromatic N) is 2. The zero-order chi connectivity index (χ0) is 18.5. The predicted octanol–water partition coefficient (Wildman–Crippen LogP) is -0.184. The molecule has 0 radical (unpaired) electrons. The van der Waals surface area contributed by atoms with E-state index in [1.54, 1.807) is 48.8 Å². The quantitative estimate of drug-likeness (QED) is 0.416. The van der Waals surface area contributed by atoms with Crippen molar-refractivity contribution in [2.24, 2.45) is 0 Å². The molecule has 0 aliphatic heterocycles. The summed E-state index contributed by atoms with van der Waals surface area (Å²) < 4.78 is 0. The molecule has 0 aliphatic carbocycles. The molecule has 0 saturated carbocycles. The molecule has 0 aromatic carbocycles. The molecule has 2 heterocycles. The van der Waals surface area contributed by atoms with Crippen molar-refractivity contribution >= 4 is 11.8 Å².